The second kappa shape index (κ2) is 10.6. The van der Waals surface area contributed by atoms with Crippen molar-refractivity contribution in [2.45, 2.75) is 42.4 Å². The van der Waals surface area contributed by atoms with Gasteiger partial charge in [-0.25, -0.2) is 0 Å². The highest BCUT2D eigenvalue weighted by Crippen LogP contribution is 2.28. The molecule has 1 atom stereocenters. The molecule has 2 rings (SSSR count). The normalized spacial score (nSPS) is 12.0. The van der Waals surface area contributed by atoms with Crippen molar-refractivity contribution >= 4 is 22.6 Å². The van der Waals surface area contributed by atoms with Crippen molar-refractivity contribution in [1.82, 2.24) is 0 Å². The first-order chi connectivity index (χ1) is 11.7. The maximum Gasteiger partial charge on any atom is 0.160 e. The van der Waals surface area contributed by atoms with E-state index >= 15 is 0 Å². The predicted octanol–water partition coefficient (Wildman–Crippen LogP) is 5.85. The zero-order chi connectivity index (χ0) is 17.2. The van der Waals surface area contributed by atoms with Gasteiger partial charge in [0.15, 0.2) is 11.5 Å². The monoisotopic (exact) mass is 438 g/mol. The molecule has 1 unspecified atom stereocenters. The molecule has 0 bridgehead atoms. The summed E-state index contributed by atoms with van der Waals surface area (Å²) in [5.41, 5.74) is 2.77. The average molecular weight is 438 g/mol. The van der Waals surface area contributed by atoms with E-state index in [1.165, 1.54) is 43.2 Å². The van der Waals surface area contributed by atoms with E-state index in [0.29, 0.717) is 0 Å². The Morgan fingerprint density at radius 1 is 0.792 bits per heavy atom. The molecular weight excluding hydrogens is 411 g/mol. The summed E-state index contributed by atoms with van der Waals surface area (Å²) in [5.74, 6) is 1.62. The third kappa shape index (κ3) is 6.34. The first-order valence-corrected chi connectivity index (χ1v) is 9.86. The number of hydrogen-bond acceptors (Lipinski definition) is 2. The molecule has 0 saturated carbocycles. The smallest absolute Gasteiger partial charge is 0.160 e. The Balaban J connectivity index is 1.68. The van der Waals surface area contributed by atoms with Gasteiger partial charge in [-0.1, -0.05) is 59.0 Å². The zero-order valence-electron chi connectivity index (χ0n) is 14.6. The summed E-state index contributed by atoms with van der Waals surface area (Å²) >= 11 is 2.61. The first kappa shape index (κ1) is 19.1. The molecule has 2 aromatic carbocycles. The lowest BCUT2D eigenvalue weighted by atomic mass is 10.0. The SMILES string of the molecule is COc1ccc(CCCC(I)CCCc2ccccc2)cc1OC. The molecule has 130 valence electrons. The van der Waals surface area contributed by atoms with Crippen LogP contribution in [0.4, 0.5) is 0 Å². The van der Waals surface area contributed by atoms with E-state index in [2.05, 4.69) is 65.1 Å². The molecule has 0 saturated heterocycles. The number of benzene rings is 2. The summed E-state index contributed by atoms with van der Waals surface area (Å²) in [6.07, 6.45) is 7.34. The number of hydrogen-bond donors (Lipinski definition) is 0. The highest BCUT2D eigenvalue weighted by atomic mass is 127. The van der Waals surface area contributed by atoms with Crippen LogP contribution in [0.3, 0.4) is 0 Å². The van der Waals surface area contributed by atoms with Crippen molar-refractivity contribution in [3.05, 3.63) is 59.7 Å². The Kier molecular flexibility index (Phi) is 8.43. The fourth-order valence-electron chi connectivity index (χ4n) is 2.88. The number of aryl methyl sites for hydroxylation is 2. The van der Waals surface area contributed by atoms with Gasteiger partial charge in [0, 0.05) is 3.92 Å². The van der Waals surface area contributed by atoms with Crippen molar-refractivity contribution in [2.24, 2.45) is 0 Å². The second-order valence-electron chi connectivity index (χ2n) is 6.06. The molecule has 0 amide bonds. The number of rotatable bonds is 10. The third-order valence-corrected chi connectivity index (χ3v) is 5.50. The molecule has 0 heterocycles. The summed E-state index contributed by atoms with van der Waals surface area (Å²) < 4.78 is 11.4. The molecule has 2 nitrogen and oxygen atoms in total. The molecule has 0 aromatic heterocycles. The van der Waals surface area contributed by atoms with Crippen molar-refractivity contribution in [3.63, 3.8) is 0 Å². The Bertz CT molecular complexity index is 598. The van der Waals surface area contributed by atoms with Crippen molar-refractivity contribution < 1.29 is 9.47 Å². The second-order valence-corrected chi connectivity index (χ2v) is 7.82. The zero-order valence-corrected chi connectivity index (χ0v) is 16.8. The van der Waals surface area contributed by atoms with Crippen molar-refractivity contribution in [2.75, 3.05) is 14.2 Å². The minimum Gasteiger partial charge on any atom is -0.493 e. The highest BCUT2D eigenvalue weighted by Gasteiger charge is 2.07. The lowest BCUT2D eigenvalue weighted by Crippen LogP contribution is -2.00. The van der Waals surface area contributed by atoms with E-state index < -0.39 is 0 Å². The van der Waals surface area contributed by atoms with Crippen LogP contribution >= 0.6 is 22.6 Å². The Labute approximate surface area is 159 Å². The van der Waals surface area contributed by atoms with Gasteiger partial charge in [0.25, 0.3) is 0 Å². The summed E-state index contributed by atoms with van der Waals surface area (Å²) in [4.78, 5) is 0. The van der Waals surface area contributed by atoms with Gasteiger partial charge < -0.3 is 9.47 Å². The van der Waals surface area contributed by atoms with Gasteiger partial charge in [-0.15, -0.1) is 0 Å². The lowest BCUT2D eigenvalue weighted by molar-refractivity contribution is 0.354. The van der Waals surface area contributed by atoms with Crippen molar-refractivity contribution in [3.8, 4) is 11.5 Å². The van der Waals surface area contributed by atoms with E-state index in [-0.39, 0.29) is 0 Å². The van der Waals surface area contributed by atoms with Crippen LogP contribution in [0, 0.1) is 0 Å². The summed E-state index contributed by atoms with van der Waals surface area (Å²) in [6.45, 7) is 0. The molecule has 2 aromatic rings. The molecule has 0 fully saturated rings. The molecule has 0 spiro atoms. The van der Waals surface area contributed by atoms with E-state index in [1.807, 2.05) is 6.07 Å². The predicted molar refractivity (Wildman–Crippen MR) is 110 cm³/mol. The van der Waals surface area contributed by atoms with Gasteiger partial charge in [0.2, 0.25) is 0 Å². The van der Waals surface area contributed by atoms with E-state index in [4.69, 9.17) is 9.47 Å². The molecule has 0 radical (unpaired) electrons. The van der Waals surface area contributed by atoms with Gasteiger partial charge in [0.1, 0.15) is 0 Å². The van der Waals surface area contributed by atoms with E-state index in [0.717, 1.165) is 21.8 Å². The average Bonchev–Trinajstić information content (AvgIpc) is 2.62. The van der Waals surface area contributed by atoms with Gasteiger partial charge in [-0.05, 0) is 61.8 Å². The maximum absolute atomic E-state index is 5.37. The van der Waals surface area contributed by atoms with Gasteiger partial charge in [-0.3, -0.25) is 0 Å². The quantitative estimate of drug-likeness (QED) is 0.342. The summed E-state index contributed by atoms with van der Waals surface area (Å²) in [6, 6.07) is 17.0. The van der Waals surface area contributed by atoms with Gasteiger partial charge in [0.05, 0.1) is 14.2 Å². The standard InChI is InChI=1S/C21H27IO2/c1-23-20-15-14-18(16-21(20)24-2)11-7-13-19(22)12-6-10-17-8-4-3-5-9-17/h3-5,8-9,14-16,19H,6-7,10-13H2,1-2H3. The van der Waals surface area contributed by atoms with Crippen LogP contribution in [0.2, 0.25) is 0 Å². The van der Waals surface area contributed by atoms with Crippen LogP contribution in [-0.4, -0.2) is 18.1 Å². The van der Waals surface area contributed by atoms with Crippen LogP contribution in [0.1, 0.15) is 36.8 Å². The fraction of sp³-hybridized carbons (Fsp3) is 0.429. The Morgan fingerprint density at radius 3 is 2.04 bits per heavy atom. The summed E-state index contributed by atoms with van der Waals surface area (Å²) in [7, 11) is 3.36. The van der Waals surface area contributed by atoms with Gasteiger partial charge >= 0.3 is 0 Å². The minimum atomic E-state index is 0.756. The maximum atomic E-state index is 5.37. The van der Waals surface area contributed by atoms with Crippen LogP contribution in [0.5, 0.6) is 11.5 Å². The number of ether oxygens (including phenoxy) is 2. The third-order valence-electron chi connectivity index (χ3n) is 4.26. The lowest BCUT2D eigenvalue weighted by Gasteiger charge is -2.11. The van der Waals surface area contributed by atoms with Crippen LogP contribution in [0.25, 0.3) is 0 Å². The fourth-order valence-corrected chi connectivity index (χ4v) is 3.76. The topological polar surface area (TPSA) is 18.5 Å². The molecule has 0 aliphatic carbocycles. The largest absolute Gasteiger partial charge is 0.493 e. The van der Waals surface area contributed by atoms with Crippen LogP contribution < -0.4 is 9.47 Å². The van der Waals surface area contributed by atoms with E-state index in [1.54, 1.807) is 14.2 Å². The van der Waals surface area contributed by atoms with Gasteiger partial charge in [-0.2, -0.15) is 0 Å². The molecule has 0 aliphatic rings. The molecule has 0 N–H and O–H groups in total. The van der Waals surface area contributed by atoms with Crippen molar-refractivity contribution in [1.29, 1.82) is 0 Å². The number of methoxy groups -OCH3 is 2. The Hall–Kier alpha value is -1.23. The van der Waals surface area contributed by atoms with Crippen LogP contribution in [-0.2, 0) is 12.8 Å². The number of halogens is 1. The molecular formula is C21H27IO2. The minimum absolute atomic E-state index is 0.756. The van der Waals surface area contributed by atoms with Crippen LogP contribution in [0.15, 0.2) is 48.5 Å². The molecule has 0 aliphatic heterocycles. The number of alkyl halides is 1. The van der Waals surface area contributed by atoms with E-state index in [9.17, 15) is 0 Å². The highest BCUT2D eigenvalue weighted by molar-refractivity contribution is 14.1. The Morgan fingerprint density at radius 2 is 1.42 bits per heavy atom. The summed E-state index contributed by atoms with van der Waals surface area (Å²) in [5, 5.41) is 0. The molecule has 3 heteroatoms. The molecule has 24 heavy (non-hydrogen) atoms. The first-order valence-electron chi connectivity index (χ1n) is 8.62.